The van der Waals surface area contributed by atoms with Crippen LogP contribution in [0.4, 0.5) is 0 Å². The molecule has 0 aliphatic heterocycles. The Morgan fingerprint density at radius 3 is 1.39 bits per heavy atom. The van der Waals surface area contributed by atoms with Crippen molar-refractivity contribution >= 4 is 29.0 Å². The van der Waals surface area contributed by atoms with Gasteiger partial charge in [0, 0.05) is 0 Å². The van der Waals surface area contributed by atoms with Crippen molar-refractivity contribution in [1.82, 2.24) is 0 Å². The molecule has 0 aromatic rings. The molecule has 2 aliphatic rings. The van der Waals surface area contributed by atoms with Gasteiger partial charge in [0.15, 0.2) is 0 Å². The fraction of sp³-hybridized carbons (Fsp3) is 0.400. The van der Waals surface area contributed by atoms with E-state index in [2.05, 4.69) is 44.1 Å². The van der Waals surface area contributed by atoms with E-state index in [1.807, 2.05) is 0 Å². The molecular formula is C15H22Cl2Zr. The average molecular weight is 364 g/mol. The summed E-state index contributed by atoms with van der Waals surface area (Å²) in [4.78, 5) is 0. The molecule has 0 aromatic heterocycles. The Morgan fingerprint density at radius 2 is 1.17 bits per heavy atom. The van der Waals surface area contributed by atoms with Gasteiger partial charge in [-0.3, -0.25) is 0 Å². The van der Waals surface area contributed by atoms with Gasteiger partial charge in [-0.15, -0.1) is 24.8 Å². The first kappa shape index (κ1) is 18.3. The maximum atomic E-state index is 4.55. The minimum absolute atomic E-state index is 0. The van der Waals surface area contributed by atoms with Crippen molar-refractivity contribution in [2.75, 3.05) is 0 Å². The third kappa shape index (κ3) is 3.65. The van der Waals surface area contributed by atoms with Crippen LogP contribution in [0.3, 0.4) is 0 Å². The minimum atomic E-state index is -1.67. The predicted octanol–water partition coefficient (Wildman–Crippen LogP) is 5.13. The van der Waals surface area contributed by atoms with Crippen molar-refractivity contribution in [2.45, 2.75) is 40.5 Å². The number of hydrogen-bond acceptors (Lipinski definition) is 0. The molecule has 0 spiro atoms. The van der Waals surface area contributed by atoms with Crippen LogP contribution >= 0.6 is 24.8 Å². The fourth-order valence-electron chi connectivity index (χ4n) is 2.32. The summed E-state index contributed by atoms with van der Waals surface area (Å²) in [6.45, 7) is 8.98. The Labute approximate surface area is 131 Å². The Morgan fingerprint density at radius 1 is 0.833 bits per heavy atom. The van der Waals surface area contributed by atoms with Crippen LogP contribution in [0.1, 0.15) is 40.5 Å². The van der Waals surface area contributed by atoms with Crippen molar-refractivity contribution in [3.05, 3.63) is 41.0 Å². The maximum absolute atomic E-state index is 4.55. The molecular weight excluding hydrogens is 342 g/mol. The molecule has 0 heterocycles. The van der Waals surface area contributed by atoms with Gasteiger partial charge in [-0.25, -0.2) is 0 Å². The van der Waals surface area contributed by atoms with Crippen molar-refractivity contribution in [1.29, 1.82) is 0 Å². The van der Waals surface area contributed by atoms with Crippen LogP contribution < -0.4 is 0 Å². The normalized spacial score (nSPS) is 18.2. The molecule has 0 saturated carbocycles. The molecule has 0 atom stereocenters. The Kier molecular flexibility index (Phi) is 7.29. The van der Waals surface area contributed by atoms with Gasteiger partial charge in [-0.1, -0.05) is 0 Å². The van der Waals surface area contributed by atoms with Crippen LogP contribution in [0.2, 0.25) is 0 Å². The van der Waals surface area contributed by atoms with Crippen LogP contribution in [0.15, 0.2) is 41.0 Å². The molecule has 0 unspecified atom stereocenters. The molecule has 18 heavy (non-hydrogen) atoms. The molecule has 0 fully saturated rings. The Bertz CT molecular complexity index is 447. The van der Waals surface area contributed by atoms with Gasteiger partial charge in [0.05, 0.1) is 0 Å². The molecule has 0 radical (unpaired) electrons. The van der Waals surface area contributed by atoms with E-state index in [4.69, 9.17) is 0 Å². The van der Waals surface area contributed by atoms with Gasteiger partial charge in [0.25, 0.3) is 0 Å². The van der Waals surface area contributed by atoms with E-state index in [-0.39, 0.29) is 24.8 Å². The zero-order valence-corrected chi connectivity index (χ0v) is 15.7. The summed E-state index contributed by atoms with van der Waals surface area (Å²) in [5, 5.41) is 0. The molecule has 0 nitrogen and oxygen atoms in total. The molecule has 0 bridgehead atoms. The summed E-state index contributed by atoms with van der Waals surface area (Å²) in [6.07, 6.45) is 7.25. The molecule has 100 valence electrons. The van der Waals surface area contributed by atoms with Gasteiger partial charge < -0.3 is 0 Å². The number of allylic oxidation sites excluding steroid dienone is 8. The van der Waals surface area contributed by atoms with Gasteiger partial charge in [0.1, 0.15) is 0 Å². The second kappa shape index (κ2) is 7.18. The van der Waals surface area contributed by atoms with E-state index in [9.17, 15) is 0 Å². The van der Waals surface area contributed by atoms with Crippen LogP contribution in [-0.4, -0.2) is 4.21 Å². The van der Waals surface area contributed by atoms with E-state index in [0.29, 0.717) is 0 Å². The molecule has 2 aliphatic carbocycles. The summed E-state index contributed by atoms with van der Waals surface area (Å²) in [5.41, 5.74) is 6.07. The first-order chi connectivity index (χ1) is 7.49. The van der Waals surface area contributed by atoms with Crippen LogP contribution in [0.5, 0.6) is 0 Å². The molecule has 0 aromatic carbocycles. The summed E-state index contributed by atoms with van der Waals surface area (Å²) in [6, 6.07) is 0. The third-order valence-electron chi connectivity index (χ3n) is 3.81. The molecule has 0 saturated heterocycles. The topological polar surface area (TPSA) is 0 Å². The van der Waals surface area contributed by atoms with E-state index in [0.717, 1.165) is 0 Å². The van der Waals surface area contributed by atoms with Gasteiger partial charge in [-0.2, -0.15) is 0 Å². The van der Waals surface area contributed by atoms with E-state index in [1.165, 1.54) is 24.0 Å². The second-order valence-corrected chi connectivity index (χ2v) is 10.6. The first-order valence-electron chi connectivity index (χ1n) is 5.92. The summed E-state index contributed by atoms with van der Waals surface area (Å²) < 4.78 is 7.92. The van der Waals surface area contributed by atoms with Gasteiger partial charge >= 0.3 is 107 Å². The number of rotatable bonds is 2. The van der Waals surface area contributed by atoms with Gasteiger partial charge in [-0.05, 0) is 0 Å². The van der Waals surface area contributed by atoms with Crippen molar-refractivity contribution in [3.63, 3.8) is 0 Å². The molecule has 0 N–H and O–H groups in total. The van der Waals surface area contributed by atoms with Crippen molar-refractivity contribution in [3.8, 4) is 0 Å². The first-order valence-corrected chi connectivity index (χ1v) is 10.1. The zero-order chi connectivity index (χ0) is 11.9. The van der Waals surface area contributed by atoms with Crippen molar-refractivity contribution in [2.24, 2.45) is 0 Å². The summed E-state index contributed by atoms with van der Waals surface area (Å²) >= 11 is -1.67. The Balaban J connectivity index is 0.00000144. The molecule has 0 amide bonds. The zero-order valence-electron chi connectivity index (χ0n) is 11.6. The van der Waals surface area contributed by atoms with E-state index >= 15 is 0 Å². The van der Waals surface area contributed by atoms with Crippen LogP contribution in [0, 0.1) is 0 Å². The van der Waals surface area contributed by atoms with E-state index in [1.54, 1.807) is 17.7 Å². The monoisotopic (exact) mass is 362 g/mol. The average Bonchev–Trinajstić information content (AvgIpc) is 2.72. The Hall–Kier alpha value is 0.293. The SMILES string of the molecule is Cl.Cl.[CH2]=[Zr]([C]1=CC(C)=C(C)C1)[C]1=CC(C)=C(C)C1. The fourth-order valence-corrected chi connectivity index (χ4v) is 7.60. The quantitative estimate of drug-likeness (QED) is 0.637. The number of hydrogen-bond donors (Lipinski definition) is 0. The summed E-state index contributed by atoms with van der Waals surface area (Å²) in [5.74, 6) is 0. The van der Waals surface area contributed by atoms with Gasteiger partial charge in [0.2, 0.25) is 0 Å². The summed E-state index contributed by atoms with van der Waals surface area (Å²) in [7, 11) is 0. The van der Waals surface area contributed by atoms with E-state index < -0.39 is 21.3 Å². The molecule has 2 rings (SSSR count). The van der Waals surface area contributed by atoms with Crippen molar-refractivity contribution < 1.29 is 21.3 Å². The molecule has 3 heteroatoms. The van der Waals surface area contributed by atoms with Crippen LogP contribution in [0.25, 0.3) is 0 Å². The second-order valence-electron chi connectivity index (χ2n) is 5.10. The third-order valence-corrected chi connectivity index (χ3v) is 9.20. The standard InChI is InChI=1S/2C7H9.CH2.2ClH.Zr/c2*1-6-4-3-5-7(6)2;;;;/h2*4H,5H2,1-2H3;1H2;2*1H;. The number of halogens is 2. The van der Waals surface area contributed by atoms with Crippen LogP contribution in [-0.2, 0) is 21.3 Å². The predicted molar refractivity (Wildman–Crippen MR) is 83.8 cm³/mol.